The second-order valence-corrected chi connectivity index (χ2v) is 5.15. The molecule has 1 aliphatic carbocycles. The van der Waals surface area contributed by atoms with E-state index in [2.05, 4.69) is 11.1 Å². The lowest BCUT2D eigenvalue weighted by molar-refractivity contribution is -0.126. The van der Waals surface area contributed by atoms with Gasteiger partial charge in [-0.15, -0.1) is 0 Å². The maximum atomic E-state index is 10.4. The van der Waals surface area contributed by atoms with E-state index in [0.717, 1.165) is 29.3 Å². The topological polar surface area (TPSA) is 42.4 Å². The first-order valence-electron chi connectivity index (χ1n) is 6.28. The molecule has 3 nitrogen and oxygen atoms in total. The first-order valence-corrected chi connectivity index (χ1v) is 6.28. The fourth-order valence-corrected chi connectivity index (χ4v) is 2.76. The predicted octanol–water partition coefficient (Wildman–Crippen LogP) is 2.32. The maximum absolute atomic E-state index is 10.4. The second kappa shape index (κ2) is 4.34. The van der Waals surface area contributed by atoms with Crippen LogP contribution in [0.1, 0.15) is 18.4 Å². The number of nitrogens with zero attached hydrogens (tertiary/aromatic N) is 1. The molecule has 1 heterocycles. The number of aromatic nitrogens is 1. The molecule has 0 bridgehead atoms. The van der Waals surface area contributed by atoms with Crippen molar-refractivity contribution in [2.24, 2.45) is 0 Å². The average Bonchev–Trinajstić information content (AvgIpc) is 2.36. The van der Waals surface area contributed by atoms with Crippen LogP contribution in [0.2, 0.25) is 0 Å². The van der Waals surface area contributed by atoms with Gasteiger partial charge in [-0.05, 0) is 17.7 Å². The van der Waals surface area contributed by atoms with Gasteiger partial charge in [0, 0.05) is 38.0 Å². The van der Waals surface area contributed by atoms with Crippen molar-refractivity contribution in [1.29, 1.82) is 0 Å². The van der Waals surface area contributed by atoms with Gasteiger partial charge in [0.15, 0.2) is 0 Å². The molecule has 0 amide bonds. The Labute approximate surface area is 106 Å². The summed E-state index contributed by atoms with van der Waals surface area (Å²) >= 11 is 0. The fraction of sp³-hybridized carbons (Fsp3) is 0.400. The minimum Gasteiger partial charge on any atom is -0.389 e. The minimum absolute atomic E-state index is 0.211. The van der Waals surface area contributed by atoms with E-state index in [0.29, 0.717) is 6.42 Å². The number of benzene rings is 1. The Morgan fingerprint density at radius 2 is 2.11 bits per heavy atom. The summed E-state index contributed by atoms with van der Waals surface area (Å²) in [4.78, 5) is 4.34. The normalized spacial score (nSPS) is 27.1. The molecule has 3 heteroatoms. The summed E-state index contributed by atoms with van der Waals surface area (Å²) in [5.74, 6) is 0. The van der Waals surface area contributed by atoms with Crippen LogP contribution in [-0.2, 0) is 11.2 Å². The van der Waals surface area contributed by atoms with Crippen molar-refractivity contribution in [3.05, 3.63) is 42.1 Å². The van der Waals surface area contributed by atoms with Gasteiger partial charge in [0.05, 0.1) is 17.2 Å². The third-order valence-electron chi connectivity index (χ3n) is 3.81. The summed E-state index contributed by atoms with van der Waals surface area (Å²) in [5, 5.41) is 11.6. The van der Waals surface area contributed by atoms with Gasteiger partial charge in [-0.3, -0.25) is 4.98 Å². The molecule has 0 spiro atoms. The molecule has 1 fully saturated rings. The van der Waals surface area contributed by atoms with E-state index in [9.17, 15) is 5.11 Å². The van der Waals surface area contributed by atoms with E-state index in [-0.39, 0.29) is 6.10 Å². The van der Waals surface area contributed by atoms with E-state index in [4.69, 9.17) is 4.74 Å². The molecule has 0 atom stereocenters. The number of fused-ring (bicyclic) bond motifs is 1. The third kappa shape index (κ3) is 2.00. The van der Waals surface area contributed by atoms with E-state index in [1.165, 1.54) is 0 Å². The van der Waals surface area contributed by atoms with E-state index >= 15 is 0 Å². The number of methoxy groups -OCH3 is 1. The first kappa shape index (κ1) is 11.6. The van der Waals surface area contributed by atoms with Gasteiger partial charge >= 0.3 is 0 Å². The summed E-state index contributed by atoms with van der Waals surface area (Å²) in [6.45, 7) is 0. The molecule has 0 saturated heterocycles. The molecule has 1 aromatic carbocycles. The Morgan fingerprint density at radius 3 is 2.89 bits per heavy atom. The standard InChI is InChI=1S/C15H17NO2/c1-18-12-9-15(17,10-12)8-11-6-7-16-14-5-3-2-4-13(11)14/h2-7,12,17H,8-10H2,1H3. The predicted molar refractivity (Wildman–Crippen MR) is 70.4 cm³/mol. The van der Waals surface area contributed by atoms with Crippen LogP contribution in [-0.4, -0.2) is 28.9 Å². The van der Waals surface area contributed by atoms with Crippen molar-refractivity contribution in [3.8, 4) is 0 Å². The van der Waals surface area contributed by atoms with Crippen molar-refractivity contribution >= 4 is 10.9 Å². The van der Waals surface area contributed by atoms with Gasteiger partial charge < -0.3 is 9.84 Å². The molecule has 0 unspecified atom stereocenters. The first-order chi connectivity index (χ1) is 8.70. The molecule has 18 heavy (non-hydrogen) atoms. The molecule has 1 aliphatic rings. The number of hydrogen-bond acceptors (Lipinski definition) is 3. The van der Waals surface area contributed by atoms with Crippen LogP contribution in [0.15, 0.2) is 36.5 Å². The lowest BCUT2D eigenvalue weighted by Gasteiger charge is -2.43. The van der Waals surface area contributed by atoms with Crippen molar-refractivity contribution < 1.29 is 9.84 Å². The van der Waals surface area contributed by atoms with Crippen molar-refractivity contribution in [2.45, 2.75) is 31.0 Å². The number of pyridine rings is 1. The minimum atomic E-state index is -0.606. The molecule has 1 aromatic heterocycles. The van der Waals surface area contributed by atoms with Crippen LogP contribution >= 0.6 is 0 Å². The average molecular weight is 243 g/mol. The largest absolute Gasteiger partial charge is 0.389 e. The van der Waals surface area contributed by atoms with Gasteiger partial charge in [0.25, 0.3) is 0 Å². The number of para-hydroxylation sites is 1. The molecule has 0 radical (unpaired) electrons. The highest BCUT2D eigenvalue weighted by molar-refractivity contribution is 5.81. The molecule has 94 valence electrons. The Hall–Kier alpha value is -1.45. The molecule has 0 aliphatic heterocycles. The summed E-state index contributed by atoms with van der Waals surface area (Å²) in [7, 11) is 1.70. The second-order valence-electron chi connectivity index (χ2n) is 5.15. The van der Waals surface area contributed by atoms with Crippen LogP contribution in [0.4, 0.5) is 0 Å². The molecule has 3 rings (SSSR count). The van der Waals surface area contributed by atoms with Crippen LogP contribution in [0.25, 0.3) is 10.9 Å². The molecule has 1 N–H and O–H groups in total. The lowest BCUT2D eigenvalue weighted by atomic mass is 9.73. The zero-order valence-corrected chi connectivity index (χ0v) is 10.5. The van der Waals surface area contributed by atoms with Gasteiger partial charge in [-0.2, -0.15) is 0 Å². The maximum Gasteiger partial charge on any atom is 0.0737 e. The van der Waals surface area contributed by atoms with E-state index in [1.54, 1.807) is 7.11 Å². The van der Waals surface area contributed by atoms with Gasteiger partial charge in [-0.25, -0.2) is 0 Å². The summed E-state index contributed by atoms with van der Waals surface area (Å²) in [5.41, 5.74) is 1.55. The third-order valence-corrected chi connectivity index (χ3v) is 3.81. The van der Waals surface area contributed by atoms with E-state index < -0.39 is 5.60 Å². The molecular weight excluding hydrogens is 226 g/mol. The van der Waals surface area contributed by atoms with Crippen LogP contribution < -0.4 is 0 Å². The summed E-state index contributed by atoms with van der Waals surface area (Å²) < 4.78 is 5.23. The lowest BCUT2D eigenvalue weighted by Crippen LogP contribution is -2.49. The Morgan fingerprint density at radius 1 is 1.33 bits per heavy atom. The zero-order chi connectivity index (χ0) is 12.6. The van der Waals surface area contributed by atoms with E-state index in [1.807, 2.05) is 30.5 Å². The summed E-state index contributed by atoms with van der Waals surface area (Å²) in [6.07, 6.45) is 4.15. The molecule has 2 aromatic rings. The Balaban J connectivity index is 1.87. The number of rotatable bonds is 3. The quantitative estimate of drug-likeness (QED) is 0.899. The van der Waals surface area contributed by atoms with Crippen LogP contribution in [0, 0.1) is 0 Å². The Bertz CT molecular complexity index is 556. The Kier molecular flexibility index (Phi) is 2.80. The smallest absolute Gasteiger partial charge is 0.0737 e. The molecular formula is C15H17NO2. The number of hydrogen-bond donors (Lipinski definition) is 1. The highest BCUT2D eigenvalue weighted by Gasteiger charge is 2.42. The van der Waals surface area contributed by atoms with Crippen molar-refractivity contribution in [2.75, 3.05) is 7.11 Å². The number of ether oxygens (including phenoxy) is 1. The highest BCUT2D eigenvalue weighted by atomic mass is 16.5. The monoisotopic (exact) mass is 243 g/mol. The van der Waals surface area contributed by atoms with Gasteiger partial charge in [-0.1, -0.05) is 18.2 Å². The van der Waals surface area contributed by atoms with Crippen LogP contribution in [0.3, 0.4) is 0 Å². The highest BCUT2D eigenvalue weighted by Crippen LogP contribution is 2.37. The SMILES string of the molecule is COC1CC(O)(Cc2ccnc3ccccc23)C1. The van der Waals surface area contributed by atoms with Crippen molar-refractivity contribution in [3.63, 3.8) is 0 Å². The van der Waals surface area contributed by atoms with Gasteiger partial charge in [0.2, 0.25) is 0 Å². The van der Waals surface area contributed by atoms with Crippen molar-refractivity contribution in [1.82, 2.24) is 4.98 Å². The summed E-state index contributed by atoms with van der Waals surface area (Å²) in [6, 6.07) is 10.1. The van der Waals surface area contributed by atoms with Crippen LogP contribution in [0.5, 0.6) is 0 Å². The molecule has 1 saturated carbocycles. The number of aliphatic hydroxyl groups is 1. The zero-order valence-electron chi connectivity index (χ0n) is 10.5. The fourth-order valence-electron chi connectivity index (χ4n) is 2.76. The van der Waals surface area contributed by atoms with Gasteiger partial charge in [0.1, 0.15) is 0 Å².